The van der Waals surface area contributed by atoms with Gasteiger partial charge >= 0.3 is 0 Å². The highest BCUT2D eigenvalue weighted by atomic mass is 14.7. The first-order valence-corrected chi connectivity index (χ1v) is 5.03. The zero-order valence-corrected chi connectivity index (χ0v) is 8.67. The molecule has 0 unspecified atom stereocenters. The molecule has 3 N–H and O–H groups in total. The molecule has 74 valence electrons. The Morgan fingerprint density at radius 2 is 2.14 bits per heavy atom. The quantitative estimate of drug-likeness (QED) is 0.747. The van der Waals surface area contributed by atoms with Gasteiger partial charge in [0.15, 0.2) is 0 Å². The molecule has 2 rings (SSSR count). The van der Waals surface area contributed by atoms with Crippen molar-refractivity contribution in [2.24, 2.45) is 5.73 Å². The van der Waals surface area contributed by atoms with E-state index < -0.39 is 0 Å². The largest absolute Gasteiger partial charge is 0.358 e. The minimum absolute atomic E-state index is 0.535. The van der Waals surface area contributed by atoms with Crippen molar-refractivity contribution in [2.45, 2.75) is 26.3 Å². The predicted molar refractivity (Wildman–Crippen MR) is 60.3 cm³/mol. The summed E-state index contributed by atoms with van der Waals surface area (Å²) in [5.41, 5.74) is 9.37. The molecule has 0 aliphatic carbocycles. The van der Waals surface area contributed by atoms with Crippen LogP contribution in [0.15, 0.2) is 24.3 Å². The number of nitrogens with two attached hydrogens (primary N) is 1. The molecular formula is C12H16N2. The first-order valence-electron chi connectivity index (χ1n) is 5.03. The fraction of sp³-hybridized carbons (Fsp3) is 0.333. The number of aromatic amines is 1. The number of hydrogen-bond donors (Lipinski definition) is 2. The van der Waals surface area contributed by atoms with Crippen LogP contribution in [0.1, 0.15) is 31.0 Å². The van der Waals surface area contributed by atoms with Gasteiger partial charge in [0.05, 0.1) is 0 Å². The van der Waals surface area contributed by atoms with Crippen LogP contribution in [0, 0.1) is 0 Å². The highest BCUT2D eigenvalue weighted by Gasteiger charge is 2.06. The van der Waals surface area contributed by atoms with Crippen LogP contribution in [-0.2, 0) is 6.54 Å². The van der Waals surface area contributed by atoms with E-state index >= 15 is 0 Å². The lowest BCUT2D eigenvalue weighted by Crippen LogP contribution is -1.95. The van der Waals surface area contributed by atoms with Crippen LogP contribution in [0.2, 0.25) is 0 Å². The fourth-order valence-electron chi connectivity index (χ4n) is 1.73. The van der Waals surface area contributed by atoms with Crippen LogP contribution in [0.4, 0.5) is 0 Å². The zero-order valence-electron chi connectivity index (χ0n) is 8.67. The molecule has 0 atom stereocenters. The molecule has 0 saturated heterocycles. The van der Waals surface area contributed by atoms with Crippen LogP contribution in [-0.4, -0.2) is 4.98 Å². The van der Waals surface area contributed by atoms with Crippen LogP contribution >= 0.6 is 0 Å². The van der Waals surface area contributed by atoms with Crippen molar-refractivity contribution in [2.75, 3.05) is 0 Å². The van der Waals surface area contributed by atoms with Crippen LogP contribution in [0.25, 0.3) is 10.9 Å². The number of H-pyrrole nitrogens is 1. The molecule has 0 saturated carbocycles. The van der Waals surface area contributed by atoms with Crippen molar-refractivity contribution in [1.29, 1.82) is 0 Å². The van der Waals surface area contributed by atoms with E-state index in [1.54, 1.807) is 0 Å². The molecule has 1 heterocycles. The van der Waals surface area contributed by atoms with Crippen molar-refractivity contribution < 1.29 is 0 Å². The highest BCUT2D eigenvalue weighted by molar-refractivity contribution is 5.84. The first kappa shape index (κ1) is 9.28. The Balaban J connectivity index is 2.64. The topological polar surface area (TPSA) is 41.8 Å². The summed E-state index contributed by atoms with van der Waals surface area (Å²) in [6.45, 7) is 4.98. The monoisotopic (exact) mass is 188 g/mol. The normalized spacial score (nSPS) is 11.4. The van der Waals surface area contributed by atoms with Crippen molar-refractivity contribution >= 4 is 10.9 Å². The average molecular weight is 188 g/mol. The molecule has 0 radical (unpaired) electrons. The van der Waals surface area contributed by atoms with E-state index in [1.807, 2.05) is 6.07 Å². The van der Waals surface area contributed by atoms with E-state index in [4.69, 9.17) is 5.73 Å². The zero-order chi connectivity index (χ0) is 10.1. The molecule has 0 aliphatic heterocycles. The Morgan fingerprint density at radius 3 is 2.79 bits per heavy atom. The molecule has 14 heavy (non-hydrogen) atoms. The van der Waals surface area contributed by atoms with Crippen LogP contribution < -0.4 is 5.73 Å². The van der Waals surface area contributed by atoms with Crippen molar-refractivity contribution in [3.05, 3.63) is 35.5 Å². The average Bonchev–Trinajstić information content (AvgIpc) is 2.60. The Kier molecular flexibility index (Phi) is 2.30. The molecule has 0 fully saturated rings. The highest BCUT2D eigenvalue weighted by Crippen LogP contribution is 2.23. The van der Waals surface area contributed by atoms with Gasteiger partial charge in [-0.15, -0.1) is 0 Å². The standard InChI is InChI=1S/C12H16N2/c1-8(2)12-6-10-9(7-13)4-3-5-11(10)14-12/h3-6,8,14H,7,13H2,1-2H3. The van der Waals surface area contributed by atoms with Gasteiger partial charge in [0.25, 0.3) is 0 Å². The number of aromatic nitrogens is 1. The van der Waals surface area contributed by atoms with Gasteiger partial charge < -0.3 is 10.7 Å². The second-order valence-corrected chi connectivity index (χ2v) is 3.96. The Morgan fingerprint density at radius 1 is 1.36 bits per heavy atom. The van der Waals surface area contributed by atoms with E-state index in [9.17, 15) is 0 Å². The molecule has 0 spiro atoms. The molecule has 0 bridgehead atoms. The van der Waals surface area contributed by atoms with Gasteiger partial charge in [-0.2, -0.15) is 0 Å². The summed E-state index contributed by atoms with van der Waals surface area (Å²) in [5.74, 6) is 0.535. The molecule has 1 aromatic carbocycles. The second kappa shape index (κ2) is 3.46. The lowest BCUT2D eigenvalue weighted by molar-refractivity contribution is 0.836. The third-order valence-corrected chi connectivity index (χ3v) is 2.62. The predicted octanol–water partition coefficient (Wildman–Crippen LogP) is 2.75. The summed E-state index contributed by atoms with van der Waals surface area (Å²) in [4.78, 5) is 3.41. The van der Waals surface area contributed by atoms with Gasteiger partial charge in [-0.3, -0.25) is 0 Å². The summed E-state index contributed by atoms with van der Waals surface area (Å²) in [5, 5.41) is 1.26. The number of nitrogens with one attached hydrogen (secondary N) is 1. The summed E-state index contributed by atoms with van der Waals surface area (Å²) in [7, 11) is 0. The summed E-state index contributed by atoms with van der Waals surface area (Å²) >= 11 is 0. The van der Waals surface area contributed by atoms with E-state index in [0.717, 1.165) is 0 Å². The third-order valence-electron chi connectivity index (χ3n) is 2.62. The molecule has 0 amide bonds. The minimum Gasteiger partial charge on any atom is -0.358 e. The number of hydrogen-bond acceptors (Lipinski definition) is 1. The molecule has 2 aromatic rings. The second-order valence-electron chi connectivity index (χ2n) is 3.96. The number of rotatable bonds is 2. The smallest absolute Gasteiger partial charge is 0.0459 e. The molecule has 2 heteroatoms. The van der Waals surface area contributed by atoms with Gasteiger partial charge in [0.1, 0.15) is 0 Å². The Bertz CT molecular complexity index is 441. The molecule has 0 aliphatic rings. The first-order chi connectivity index (χ1) is 6.72. The van der Waals surface area contributed by atoms with Crippen molar-refractivity contribution in [3.63, 3.8) is 0 Å². The van der Waals surface area contributed by atoms with E-state index in [2.05, 4.69) is 37.0 Å². The van der Waals surface area contributed by atoms with Gasteiger partial charge in [-0.05, 0) is 23.6 Å². The molecule has 1 aromatic heterocycles. The summed E-state index contributed by atoms with van der Waals surface area (Å²) in [6, 6.07) is 8.44. The number of fused-ring (bicyclic) bond motifs is 1. The van der Waals surface area contributed by atoms with Gasteiger partial charge in [-0.25, -0.2) is 0 Å². The van der Waals surface area contributed by atoms with Gasteiger partial charge in [0.2, 0.25) is 0 Å². The van der Waals surface area contributed by atoms with E-state index in [-0.39, 0.29) is 0 Å². The maximum absolute atomic E-state index is 5.69. The molecule has 2 nitrogen and oxygen atoms in total. The number of benzene rings is 1. The van der Waals surface area contributed by atoms with Gasteiger partial charge in [-0.1, -0.05) is 26.0 Å². The summed E-state index contributed by atoms with van der Waals surface area (Å²) in [6.07, 6.45) is 0. The lowest BCUT2D eigenvalue weighted by atomic mass is 10.1. The van der Waals surface area contributed by atoms with E-state index in [1.165, 1.54) is 22.2 Å². The maximum atomic E-state index is 5.69. The van der Waals surface area contributed by atoms with Crippen molar-refractivity contribution in [1.82, 2.24) is 4.98 Å². The van der Waals surface area contributed by atoms with Crippen LogP contribution in [0.3, 0.4) is 0 Å². The maximum Gasteiger partial charge on any atom is 0.0459 e. The fourth-order valence-corrected chi connectivity index (χ4v) is 1.73. The molecular weight excluding hydrogens is 172 g/mol. The Hall–Kier alpha value is -1.28. The minimum atomic E-state index is 0.535. The van der Waals surface area contributed by atoms with Gasteiger partial charge in [0, 0.05) is 23.1 Å². The van der Waals surface area contributed by atoms with Crippen LogP contribution in [0.5, 0.6) is 0 Å². The third kappa shape index (κ3) is 1.42. The lowest BCUT2D eigenvalue weighted by Gasteiger charge is -1.97. The van der Waals surface area contributed by atoms with E-state index in [0.29, 0.717) is 12.5 Å². The summed E-state index contributed by atoms with van der Waals surface area (Å²) < 4.78 is 0. The SMILES string of the molecule is CC(C)c1cc2c(CN)cccc2[nH]1. The Labute approximate surface area is 84.1 Å². The van der Waals surface area contributed by atoms with Crippen molar-refractivity contribution in [3.8, 4) is 0 Å².